The molecule has 1 N–H and O–H groups in total. The third-order valence-corrected chi connectivity index (χ3v) is 5.69. The highest BCUT2D eigenvalue weighted by molar-refractivity contribution is 5.74. The second-order valence-corrected chi connectivity index (χ2v) is 7.22. The van der Waals surface area contributed by atoms with Crippen LogP contribution in [0.15, 0.2) is 24.3 Å². The molecule has 3 saturated heterocycles. The monoisotopic (exact) mass is 330 g/mol. The standard InChI is InChI=1S/C19H26N2O3/c1-13-5-2-3-6-16(13)23-10-4-9-20-19(22)21-11-14-15(12-21)18-8-7-17(14)24-18/h2-3,5-6,14-15,17-18H,4,7-12H2,1H3,(H,20,22)/t14-,15-,17-,18-/m1/s1. The molecule has 0 spiro atoms. The zero-order valence-corrected chi connectivity index (χ0v) is 14.2. The highest BCUT2D eigenvalue weighted by atomic mass is 16.5. The normalized spacial score (nSPS) is 30.5. The molecular weight excluding hydrogens is 304 g/mol. The molecule has 2 amide bonds. The maximum Gasteiger partial charge on any atom is 0.317 e. The van der Waals surface area contributed by atoms with E-state index >= 15 is 0 Å². The Morgan fingerprint density at radius 2 is 1.96 bits per heavy atom. The minimum Gasteiger partial charge on any atom is -0.493 e. The molecule has 130 valence electrons. The van der Waals surface area contributed by atoms with Gasteiger partial charge in [-0.3, -0.25) is 0 Å². The van der Waals surface area contributed by atoms with Crippen LogP contribution in [-0.2, 0) is 4.74 Å². The summed E-state index contributed by atoms with van der Waals surface area (Å²) in [5.41, 5.74) is 1.14. The lowest BCUT2D eigenvalue weighted by Crippen LogP contribution is -2.40. The van der Waals surface area contributed by atoms with Gasteiger partial charge in [0.1, 0.15) is 5.75 Å². The Balaban J connectivity index is 1.16. The van der Waals surface area contributed by atoms with Crippen molar-refractivity contribution in [1.29, 1.82) is 0 Å². The fourth-order valence-corrected chi connectivity index (χ4v) is 4.41. The number of carbonyl (C=O) groups excluding carboxylic acids is 1. The van der Waals surface area contributed by atoms with Crippen LogP contribution in [0.1, 0.15) is 24.8 Å². The number of amides is 2. The van der Waals surface area contributed by atoms with Crippen LogP contribution in [0.5, 0.6) is 5.75 Å². The molecule has 4 atom stereocenters. The summed E-state index contributed by atoms with van der Waals surface area (Å²) in [5.74, 6) is 2.06. The molecule has 0 saturated carbocycles. The molecule has 1 aromatic rings. The first-order valence-electron chi connectivity index (χ1n) is 9.09. The van der Waals surface area contributed by atoms with E-state index in [0.29, 0.717) is 37.2 Å². The zero-order valence-electron chi connectivity index (χ0n) is 14.2. The van der Waals surface area contributed by atoms with Crippen molar-refractivity contribution in [3.63, 3.8) is 0 Å². The van der Waals surface area contributed by atoms with Crippen LogP contribution in [0, 0.1) is 18.8 Å². The van der Waals surface area contributed by atoms with Gasteiger partial charge in [-0.15, -0.1) is 0 Å². The molecule has 5 heteroatoms. The number of likely N-dealkylation sites (tertiary alicyclic amines) is 1. The van der Waals surface area contributed by atoms with E-state index in [0.717, 1.165) is 30.8 Å². The first-order valence-corrected chi connectivity index (χ1v) is 9.09. The minimum atomic E-state index is 0.0692. The Morgan fingerprint density at radius 3 is 2.67 bits per heavy atom. The lowest BCUT2D eigenvalue weighted by molar-refractivity contribution is 0.0739. The number of urea groups is 1. The van der Waals surface area contributed by atoms with Crippen LogP contribution >= 0.6 is 0 Å². The molecule has 0 aliphatic carbocycles. The summed E-state index contributed by atoms with van der Waals surface area (Å²) in [6.45, 7) is 5.03. The molecule has 5 nitrogen and oxygen atoms in total. The van der Waals surface area contributed by atoms with Gasteiger partial charge in [0.2, 0.25) is 0 Å². The number of hydrogen-bond donors (Lipinski definition) is 1. The number of ether oxygens (including phenoxy) is 2. The van der Waals surface area contributed by atoms with E-state index in [-0.39, 0.29) is 6.03 Å². The predicted molar refractivity (Wildman–Crippen MR) is 91.1 cm³/mol. The molecule has 4 rings (SSSR count). The maximum atomic E-state index is 12.3. The van der Waals surface area contributed by atoms with Crippen molar-refractivity contribution in [2.75, 3.05) is 26.2 Å². The van der Waals surface area contributed by atoms with E-state index in [1.54, 1.807) is 0 Å². The van der Waals surface area contributed by atoms with Gasteiger partial charge in [-0.2, -0.15) is 0 Å². The average molecular weight is 330 g/mol. The molecule has 3 aliphatic heterocycles. The van der Waals surface area contributed by atoms with Gasteiger partial charge >= 0.3 is 6.03 Å². The van der Waals surface area contributed by atoms with Crippen LogP contribution in [0.3, 0.4) is 0 Å². The third kappa shape index (κ3) is 2.97. The van der Waals surface area contributed by atoms with Gasteiger partial charge in [0, 0.05) is 31.5 Å². The Bertz CT molecular complexity index is 588. The molecule has 3 fully saturated rings. The van der Waals surface area contributed by atoms with Crippen LogP contribution in [-0.4, -0.2) is 49.4 Å². The average Bonchev–Trinajstić information content (AvgIpc) is 3.28. The topological polar surface area (TPSA) is 50.8 Å². The van der Waals surface area contributed by atoms with Gasteiger partial charge in [-0.25, -0.2) is 4.79 Å². The van der Waals surface area contributed by atoms with Crippen LogP contribution < -0.4 is 10.1 Å². The fourth-order valence-electron chi connectivity index (χ4n) is 4.41. The molecule has 3 aliphatic rings. The summed E-state index contributed by atoms with van der Waals surface area (Å²) in [6.07, 6.45) is 3.98. The Labute approximate surface area is 143 Å². The van der Waals surface area contributed by atoms with Gasteiger partial charge in [-0.1, -0.05) is 18.2 Å². The molecule has 0 radical (unpaired) electrons. The fraction of sp³-hybridized carbons (Fsp3) is 0.632. The van der Waals surface area contributed by atoms with Gasteiger partial charge in [0.25, 0.3) is 0 Å². The second kappa shape index (κ2) is 6.63. The van der Waals surface area contributed by atoms with Crippen molar-refractivity contribution in [2.24, 2.45) is 11.8 Å². The molecule has 0 aromatic heterocycles. The molecule has 3 heterocycles. The van der Waals surface area contributed by atoms with Crippen LogP contribution in [0.2, 0.25) is 0 Å². The molecular formula is C19H26N2O3. The van der Waals surface area contributed by atoms with E-state index in [1.165, 1.54) is 12.8 Å². The maximum absolute atomic E-state index is 12.3. The quantitative estimate of drug-likeness (QED) is 0.844. The summed E-state index contributed by atoms with van der Waals surface area (Å²) >= 11 is 0. The number of nitrogens with zero attached hydrogens (tertiary/aromatic N) is 1. The van der Waals surface area contributed by atoms with Crippen LogP contribution in [0.4, 0.5) is 4.79 Å². The first kappa shape index (κ1) is 15.8. The number of nitrogens with one attached hydrogen (secondary N) is 1. The van der Waals surface area contributed by atoms with Crippen molar-refractivity contribution in [3.8, 4) is 5.75 Å². The highest BCUT2D eigenvalue weighted by Gasteiger charge is 2.53. The second-order valence-electron chi connectivity index (χ2n) is 7.22. The SMILES string of the molecule is Cc1ccccc1OCCCNC(=O)N1C[C@@H]2[C@@H](C1)[C@H]1CC[C@H]2O1. The Kier molecular flexibility index (Phi) is 4.35. The van der Waals surface area contributed by atoms with E-state index in [1.807, 2.05) is 36.1 Å². The number of rotatable bonds is 5. The van der Waals surface area contributed by atoms with Crippen molar-refractivity contribution in [3.05, 3.63) is 29.8 Å². The van der Waals surface area contributed by atoms with Gasteiger partial charge in [0.15, 0.2) is 0 Å². The van der Waals surface area contributed by atoms with Gasteiger partial charge in [-0.05, 0) is 37.8 Å². The van der Waals surface area contributed by atoms with E-state index < -0.39 is 0 Å². The van der Waals surface area contributed by atoms with Crippen molar-refractivity contribution in [2.45, 2.75) is 38.4 Å². The summed E-state index contributed by atoms with van der Waals surface area (Å²) in [6, 6.07) is 8.07. The highest BCUT2D eigenvalue weighted by Crippen LogP contribution is 2.47. The third-order valence-electron chi connectivity index (χ3n) is 5.69. The molecule has 24 heavy (non-hydrogen) atoms. The first-order chi connectivity index (χ1) is 11.7. The largest absolute Gasteiger partial charge is 0.493 e. The lowest BCUT2D eigenvalue weighted by atomic mass is 9.82. The summed E-state index contributed by atoms with van der Waals surface area (Å²) in [5, 5.41) is 3.03. The summed E-state index contributed by atoms with van der Waals surface area (Å²) in [4.78, 5) is 14.3. The van der Waals surface area contributed by atoms with Crippen LogP contribution in [0.25, 0.3) is 0 Å². The number of aryl methyl sites for hydroxylation is 1. The van der Waals surface area contributed by atoms with Crippen molar-refractivity contribution < 1.29 is 14.3 Å². The number of fused-ring (bicyclic) bond motifs is 5. The number of carbonyl (C=O) groups is 1. The summed E-state index contributed by atoms with van der Waals surface area (Å²) < 4.78 is 11.7. The van der Waals surface area contributed by atoms with Gasteiger partial charge < -0.3 is 19.7 Å². The number of para-hydroxylation sites is 1. The number of benzene rings is 1. The van der Waals surface area contributed by atoms with E-state index in [2.05, 4.69) is 5.32 Å². The summed E-state index contributed by atoms with van der Waals surface area (Å²) in [7, 11) is 0. The smallest absolute Gasteiger partial charge is 0.317 e. The molecule has 2 bridgehead atoms. The van der Waals surface area contributed by atoms with Crippen molar-refractivity contribution in [1.82, 2.24) is 10.2 Å². The lowest BCUT2D eigenvalue weighted by Gasteiger charge is -2.19. The molecule has 1 aromatic carbocycles. The minimum absolute atomic E-state index is 0.0692. The Morgan fingerprint density at radius 1 is 1.25 bits per heavy atom. The van der Waals surface area contributed by atoms with Gasteiger partial charge in [0.05, 0.1) is 18.8 Å². The molecule has 0 unspecified atom stereocenters. The Hall–Kier alpha value is -1.75. The van der Waals surface area contributed by atoms with E-state index in [9.17, 15) is 4.79 Å². The predicted octanol–water partition coefficient (Wildman–Crippen LogP) is 2.58. The zero-order chi connectivity index (χ0) is 16.5. The van der Waals surface area contributed by atoms with E-state index in [4.69, 9.17) is 9.47 Å². The number of hydrogen-bond acceptors (Lipinski definition) is 3. The van der Waals surface area contributed by atoms with Crippen molar-refractivity contribution >= 4 is 6.03 Å².